The summed E-state index contributed by atoms with van der Waals surface area (Å²) in [5.74, 6) is 1.43. The molecule has 1 aromatic heterocycles. The molecule has 0 bridgehead atoms. The molecule has 1 heterocycles. The van der Waals surface area contributed by atoms with E-state index in [0.717, 1.165) is 32.1 Å². The standard InChI is InChI=1S/C25H37ClN4O2/c1-18(24-28-22-17-20(26)12-13-21(22)25(32)29(24)2)30(16-8-4-3-7-15-27)23(31)14-11-19-9-5-6-10-19/h12-13,17-19H,3-11,14-16,27H2,1-2H3. The van der Waals surface area contributed by atoms with E-state index in [1.54, 1.807) is 29.8 Å². The fourth-order valence-corrected chi connectivity index (χ4v) is 5.03. The second kappa shape index (κ2) is 11.8. The monoisotopic (exact) mass is 460 g/mol. The largest absolute Gasteiger partial charge is 0.333 e. The predicted octanol–water partition coefficient (Wildman–Crippen LogP) is 4.97. The van der Waals surface area contributed by atoms with Gasteiger partial charge in [-0.2, -0.15) is 0 Å². The number of aromatic nitrogens is 2. The number of fused-ring (bicyclic) bond motifs is 1. The number of unbranched alkanes of at least 4 members (excludes halogenated alkanes) is 3. The summed E-state index contributed by atoms with van der Waals surface area (Å²) in [5.41, 5.74) is 6.07. The number of hydrogen-bond donors (Lipinski definition) is 1. The van der Waals surface area contributed by atoms with E-state index in [0.29, 0.717) is 47.2 Å². The number of carbonyl (C=O) groups excluding carboxylic acids is 1. The first kappa shape index (κ1) is 24.7. The normalized spacial score (nSPS) is 15.4. The van der Waals surface area contributed by atoms with Crippen LogP contribution in [0, 0.1) is 5.92 Å². The molecule has 1 aliphatic rings. The number of nitrogens with two attached hydrogens (primary N) is 1. The fourth-order valence-electron chi connectivity index (χ4n) is 4.86. The van der Waals surface area contributed by atoms with Gasteiger partial charge in [0, 0.05) is 25.0 Å². The second-order valence-corrected chi connectivity index (χ2v) is 9.59. The Kier molecular flexibility index (Phi) is 9.11. The van der Waals surface area contributed by atoms with E-state index in [1.807, 2.05) is 11.8 Å². The molecule has 0 radical (unpaired) electrons. The van der Waals surface area contributed by atoms with Crippen LogP contribution in [0.1, 0.15) is 83.0 Å². The Balaban J connectivity index is 1.82. The van der Waals surface area contributed by atoms with E-state index in [-0.39, 0.29) is 17.5 Å². The number of hydrogen-bond acceptors (Lipinski definition) is 4. The van der Waals surface area contributed by atoms with Gasteiger partial charge in [0.1, 0.15) is 5.82 Å². The summed E-state index contributed by atoms with van der Waals surface area (Å²) in [7, 11) is 1.73. The number of nitrogens with zero attached hydrogens (tertiary/aromatic N) is 3. The molecule has 1 amide bonds. The van der Waals surface area contributed by atoms with Gasteiger partial charge in [-0.25, -0.2) is 4.98 Å². The summed E-state index contributed by atoms with van der Waals surface area (Å²) in [6.45, 7) is 3.34. The van der Waals surface area contributed by atoms with Crippen molar-refractivity contribution in [1.29, 1.82) is 0 Å². The maximum atomic E-state index is 13.3. The molecular formula is C25H37ClN4O2. The average Bonchev–Trinajstić information content (AvgIpc) is 3.30. The van der Waals surface area contributed by atoms with Gasteiger partial charge in [0.2, 0.25) is 5.91 Å². The van der Waals surface area contributed by atoms with Crippen molar-refractivity contribution < 1.29 is 4.79 Å². The smallest absolute Gasteiger partial charge is 0.261 e. The Morgan fingerprint density at radius 3 is 2.69 bits per heavy atom. The van der Waals surface area contributed by atoms with E-state index < -0.39 is 0 Å². The number of halogens is 1. The van der Waals surface area contributed by atoms with Crippen LogP contribution in [0.3, 0.4) is 0 Å². The molecular weight excluding hydrogens is 424 g/mol. The van der Waals surface area contributed by atoms with Crippen molar-refractivity contribution in [2.75, 3.05) is 13.1 Å². The SMILES string of the molecule is CC(c1nc2cc(Cl)ccc2c(=O)n1C)N(CCCCCCN)C(=O)CCC1CCCC1. The molecule has 1 fully saturated rings. The van der Waals surface area contributed by atoms with Crippen molar-refractivity contribution in [3.05, 3.63) is 39.4 Å². The van der Waals surface area contributed by atoms with Gasteiger partial charge in [0.15, 0.2) is 0 Å². The fraction of sp³-hybridized carbons (Fsp3) is 0.640. The van der Waals surface area contributed by atoms with Gasteiger partial charge in [-0.3, -0.25) is 14.2 Å². The molecule has 2 aromatic rings. The molecule has 1 aromatic carbocycles. The molecule has 3 rings (SSSR count). The second-order valence-electron chi connectivity index (χ2n) is 9.15. The van der Waals surface area contributed by atoms with Crippen molar-refractivity contribution in [2.24, 2.45) is 18.7 Å². The van der Waals surface area contributed by atoms with E-state index in [2.05, 4.69) is 0 Å². The van der Waals surface area contributed by atoms with Gasteiger partial charge in [-0.1, -0.05) is 50.1 Å². The summed E-state index contributed by atoms with van der Waals surface area (Å²) in [6, 6.07) is 4.84. The first-order valence-corrected chi connectivity index (χ1v) is 12.5. The van der Waals surface area contributed by atoms with Crippen molar-refractivity contribution in [1.82, 2.24) is 14.5 Å². The Morgan fingerprint density at radius 1 is 1.25 bits per heavy atom. The van der Waals surface area contributed by atoms with Crippen LogP contribution in [0.4, 0.5) is 0 Å². The Hall–Kier alpha value is -1.92. The molecule has 1 unspecified atom stereocenters. The van der Waals surface area contributed by atoms with Crippen molar-refractivity contribution in [3.63, 3.8) is 0 Å². The zero-order valence-corrected chi connectivity index (χ0v) is 20.2. The predicted molar refractivity (Wildman–Crippen MR) is 131 cm³/mol. The van der Waals surface area contributed by atoms with Gasteiger partial charge >= 0.3 is 0 Å². The minimum absolute atomic E-state index is 0.116. The van der Waals surface area contributed by atoms with Crippen molar-refractivity contribution in [2.45, 2.75) is 77.2 Å². The highest BCUT2D eigenvalue weighted by Gasteiger charge is 2.26. The maximum absolute atomic E-state index is 13.3. The molecule has 176 valence electrons. The molecule has 32 heavy (non-hydrogen) atoms. The molecule has 0 spiro atoms. The lowest BCUT2D eigenvalue weighted by Crippen LogP contribution is -2.38. The molecule has 0 saturated heterocycles. The Labute approximate surface area is 196 Å². The molecule has 2 N–H and O–H groups in total. The van der Waals surface area contributed by atoms with Crippen LogP contribution >= 0.6 is 11.6 Å². The summed E-state index contributed by atoms with van der Waals surface area (Å²) >= 11 is 6.15. The molecule has 1 atom stereocenters. The minimum Gasteiger partial charge on any atom is -0.333 e. The van der Waals surface area contributed by atoms with E-state index in [9.17, 15) is 9.59 Å². The average molecular weight is 461 g/mol. The van der Waals surface area contributed by atoms with Gasteiger partial charge in [-0.05, 0) is 56.8 Å². The third-order valence-corrected chi connectivity index (χ3v) is 7.06. The van der Waals surface area contributed by atoms with Crippen LogP contribution in [-0.2, 0) is 11.8 Å². The van der Waals surface area contributed by atoms with Gasteiger partial charge in [-0.15, -0.1) is 0 Å². The first-order chi connectivity index (χ1) is 15.4. The molecule has 0 aliphatic heterocycles. The van der Waals surface area contributed by atoms with Gasteiger partial charge in [0.05, 0.1) is 16.9 Å². The van der Waals surface area contributed by atoms with Crippen LogP contribution in [0.25, 0.3) is 10.9 Å². The van der Waals surface area contributed by atoms with Crippen molar-refractivity contribution in [3.8, 4) is 0 Å². The van der Waals surface area contributed by atoms with Gasteiger partial charge < -0.3 is 10.6 Å². The highest BCUT2D eigenvalue weighted by atomic mass is 35.5. The zero-order chi connectivity index (χ0) is 23.1. The highest BCUT2D eigenvalue weighted by Crippen LogP contribution is 2.30. The maximum Gasteiger partial charge on any atom is 0.261 e. The first-order valence-electron chi connectivity index (χ1n) is 12.1. The molecule has 7 heteroatoms. The number of benzene rings is 1. The summed E-state index contributed by atoms with van der Waals surface area (Å²) < 4.78 is 1.58. The molecule has 1 aliphatic carbocycles. The van der Waals surface area contributed by atoms with E-state index >= 15 is 0 Å². The van der Waals surface area contributed by atoms with Crippen LogP contribution in [0.5, 0.6) is 0 Å². The molecule has 1 saturated carbocycles. The van der Waals surface area contributed by atoms with Crippen molar-refractivity contribution >= 4 is 28.4 Å². The summed E-state index contributed by atoms with van der Waals surface area (Å²) in [4.78, 5) is 33.0. The molecule has 6 nitrogen and oxygen atoms in total. The van der Waals surface area contributed by atoms with E-state index in [4.69, 9.17) is 22.3 Å². The van der Waals surface area contributed by atoms with Crippen LogP contribution < -0.4 is 11.3 Å². The third-order valence-electron chi connectivity index (χ3n) is 6.83. The highest BCUT2D eigenvalue weighted by molar-refractivity contribution is 6.31. The lowest BCUT2D eigenvalue weighted by Gasteiger charge is -2.30. The van der Waals surface area contributed by atoms with Crippen LogP contribution in [0.2, 0.25) is 5.02 Å². The van der Waals surface area contributed by atoms with Gasteiger partial charge in [0.25, 0.3) is 5.56 Å². The third kappa shape index (κ3) is 6.10. The topological polar surface area (TPSA) is 81.2 Å². The Bertz CT molecular complexity index is 968. The lowest BCUT2D eigenvalue weighted by molar-refractivity contribution is -0.134. The summed E-state index contributed by atoms with van der Waals surface area (Å²) in [6.07, 6.45) is 10.6. The van der Waals surface area contributed by atoms with Crippen LogP contribution in [0.15, 0.2) is 23.0 Å². The Morgan fingerprint density at radius 2 is 1.97 bits per heavy atom. The minimum atomic E-state index is -0.290. The lowest BCUT2D eigenvalue weighted by atomic mass is 10.0. The van der Waals surface area contributed by atoms with E-state index in [1.165, 1.54) is 25.7 Å². The summed E-state index contributed by atoms with van der Waals surface area (Å²) in [5, 5.41) is 1.08. The number of amides is 1. The number of carbonyl (C=O) groups is 1. The zero-order valence-electron chi connectivity index (χ0n) is 19.5. The quantitative estimate of drug-likeness (QED) is 0.480. The number of rotatable bonds is 11. The van der Waals surface area contributed by atoms with Crippen LogP contribution in [-0.4, -0.2) is 33.4 Å².